The van der Waals surface area contributed by atoms with Crippen LogP contribution in [0, 0.1) is 6.92 Å². The molecular weight excluding hydrogens is 408 g/mol. The minimum absolute atomic E-state index is 0.148. The van der Waals surface area contributed by atoms with Gasteiger partial charge in [-0.05, 0) is 41.8 Å². The van der Waals surface area contributed by atoms with Crippen LogP contribution in [0.3, 0.4) is 0 Å². The van der Waals surface area contributed by atoms with E-state index in [1.807, 2.05) is 73.2 Å². The van der Waals surface area contributed by atoms with Gasteiger partial charge in [0.25, 0.3) is 0 Å². The number of fused-ring (bicyclic) bond motifs is 1. The van der Waals surface area contributed by atoms with Crippen LogP contribution < -0.4 is 0 Å². The Balaban J connectivity index is 1.35. The van der Waals surface area contributed by atoms with Crippen molar-refractivity contribution in [2.45, 2.75) is 26.3 Å². The van der Waals surface area contributed by atoms with Gasteiger partial charge in [0.1, 0.15) is 11.3 Å². The number of ketones is 1. The fourth-order valence-corrected chi connectivity index (χ4v) is 4.00. The van der Waals surface area contributed by atoms with Crippen molar-refractivity contribution in [1.29, 1.82) is 0 Å². The van der Waals surface area contributed by atoms with Crippen LogP contribution in [0.25, 0.3) is 22.4 Å². The Bertz CT molecular complexity index is 1420. The molecule has 0 unspecified atom stereocenters. The first kappa shape index (κ1) is 20.8. The predicted molar refractivity (Wildman–Crippen MR) is 130 cm³/mol. The number of benzene rings is 2. The molecule has 0 spiro atoms. The van der Waals surface area contributed by atoms with Crippen LogP contribution >= 0.6 is 0 Å². The number of Topliss-reactive ketones (excluding diaryl/α,β-unsaturated/α-hetero) is 1. The summed E-state index contributed by atoms with van der Waals surface area (Å²) < 4.78 is 2.06. The number of pyridine rings is 2. The molecule has 5 nitrogen and oxygen atoms in total. The van der Waals surface area contributed by atoms with Crippen LogP contribution in [0.1, 0.15) is 22.4 Å². The van der Waals surface area contributed by atoms with Gasteiger partial charge in [-0.3, -0.25) is 9.78 Å². The SMILES string of the molecule is Cc1ccccc1Cn1cnc2cc(-c3cccc(CC(=O)Cc4ccccc4)n3)cnc21. The van der Waals surface area contributed by atoms with E-state index in [-0.39, 0.29) is 5.78 Å². The van der Waals surface area contributed by atoms with Gasteiger partial charge in [0, 0.05) is 30.3 Å². The fraction of sp³-hybridized carbons (Fsp3) is 0.143. The zero-order chi connectivity index (χ0) is 22.6. The second-order valence-electron chi connectivity index (χ2n) is 8.26. The Labute approximate surface area is 192 Å². The molecule has 0 aliphatic rings. The van der Waals surface area contributed by atoms with Gasteiger partial charge in [0.05, 0.1) is 18.6 Å². The average Bonchev–Trinajstić information content (AvgIpc) is 3.23. The Morgan fingerprint density at radius 3 is 2.55 bits per heavy atom. The second-order valence-corrected chi connectivity index (χ2v) is 8.26. The fourth-order valence-electron chi connectivity index (χ4n) is 4.00. The average molecular weight is 433 g/mol. The molecule has 162 valence electrons. The summed E-state index contributed by atoms with van der Waals surface area (Å²) in [4.78, 5) is 26.5. The van der Waals surface area contributed by atoms with E-state index in [4.69, 9.17) is 4.98 Å². The molecule has 0 aliphatic carbocycles. The van der Waals surface area contributed by atoms with Crippen molar-refractivity contribution in [2.75, 3.05) is 0 Å². The second kappa shape index (κ2) is 9.17. The van der Waals surface area contributed by atoms with Crippen molar-refractivity contribution < 1.29 is 4.79 Å². The number of hydrogen-bond donors (Lipinski definition) is 0. The van der Waals surface area contributed by atoms with Crippen LogP contribution in [0.2, 0.25) is 0 Å². The van der Waals surface area contributed by atoms with Crippen LogP contribution in [-0.2, 0) is 24.2 Å². The highest BCUT2D eigenvalue weighted by molar-refractivity contribution is 5.83. The van der Waals surface area contributed by atoms with Crippen molar-refractivity contribution >= 4 is 16.9 Å². The third kappa shape index (κ3) is 4.72. The highest BCUT2D eigenvalue weighted by Gasteiger charge is 2.11. The zero-order valence-corrected chi connectivity index (χ0v) is 18.5. The Morgan fingerprint density at radius 2 is 1.70 bits per heavy atom. The molecule has 5 rings (SSSR count). The van der Waals surface area contributed by atoms with Gasteiger partial charge in [0.2, 0.25) is 0 Å². The maximum Gasteiger partial charge on any atom is 0.160 e. The van der Waals surface area contributed by atoms with Gasteiger partial charge in [-0.2, -0.15) is 0 Å². The zero-order valence-electron chi connectivity index (χ0n) is 18.5. The van der Waals surface area contributed by atoms with E-state index >= 15 is 0 Å². The van der Waals surface area contributed by atoms with Gasteiger partial charge in [0.15, 0.2) is 5.65 Å². The number of carbonyl (C=O) groups excluding carboxylic acids is 1. The number of nitrogens with zero attached hydrogens (tertiary/aromatic N) is 4. The molecule has 0 amide bonds. The molecule has 5 aromatic rings. The van der Waals surface area contributed by atoms with Crippen LogP contribution in [-0.4, -0.2) is 25.3 Å². The first-order chi connectivity index (χ1) is 16.2. The van der Waals surface area contributed by atoms with E-state index in [9.17, 15) is 4.79 Å². The summed E-state index contributed by atoms with van der Waals surface area (Å²) in [5, 5.41) is 0. The summed E-state index contributed by atoms with van der Waals surface area (Å²) in [6, 6.07) is 25.9. The molecule has 0 atom stereocenters. The molecule has 3 heterocycles. The summed E-state index contributed by atoms with van der Waals surface area (Å²) in [7, 11) is 0. The van der Waals surface area contributed by atoms with Gasteiger partial charge < -0.3 is 4.57 Å². The Morgan fingerprint density at radius 1 is 0.879 bits per heavy atom. The van der Waals surface area contributed by atoms with E-state index in [1.54, 1.807) is 0 Å². The normalized spacial score (nSPS) is 11.1. The molecule has 0 fully saturated rings. The number of imidazole rings is 1. The lowest BCUT2D eigenvalue weighted by Crippen LogP contribution is -2.08. The monoisotopic (exact) mass is 432 g/mol. The quantitative estimate of drug-likeness (QED) is 0.354. The molecule has 0 aliphatic heterocycles. The Kier molecular flexibility index (Phi) is 5.77. The van der Waals surface area contributed by atoms with E-state index in [1.165, 1.54) is 11.1 Å². The van der Waals surface area contributed by atoms with E-state index in [0.29, 0.717) is 12.8 Å². The van der Waals surface area contributed by atoms with Gasteiger partial charge in [-0.25, -0.2) is 9.97 Å². The predicted octanol–water partition coefficient (Wildman–Crippen LogP) is 5.20. The minimum Gasteiger partial charge on any atom is -0.311 e. The minimum atomic E-state index is 0.148. The van der Waals surface area contributed by atoms with Crippen LogP contribution in [0.4, 0.5) is 0 Å². The highest BCUT2D eigenvalue weighted by atomic mass is 16.1. The summed E-state index contributed by atoms with van der Waals surface area (Å²) in [6.07, 6.45) is 4.39. The molecule has 5 heteroatoms. The lowest BCUT2D eigenvalue weighted by atomic mass is 10.1. The van der Waals surface area contributed by atoms with E-state index in [0.717, 1.165) is 40.2 Å². The van der Waals surface area contributed by atoms with Crippen LogP contribution in [0.5, 0.6) is 0 Å². The highest BCUT2D eigenvalue weighted by Crippen LogP contribution is 2.22. The summed E-state index contributed by atoms with van der Waals surface area (Å²) >= 11 is 0. The number of carbonyl (C=O) groups is 1. The smallest absolute Gasteiger partial charge is 0.160 e. The van der Waals surface area contributed by atoms with Gasteiger partial charge in [-0.1, -0.05) is 60.7 Å². The number of rotatable bonds is 7. The maximum atomic E-state index is 12.5. The van der Waals surface area contributed by atoms with Crippen molar-refractivity contribution in [2.24, 2.45) is 0 Å². The molecule has 3 aromatic heterocycles. The maximum absolute atomic E-state index is 12.5. The number of aryl methyl sites for hydroxylation is 1. The third-order valence-electron chi connectivity index (χ3n) is 5.78. The summed E-state index contributed by atoms with van der Waals surface area (Å²) in [5.74, 6) is 0.148. The van der Waals surface area contributed by atoms with Crippen molar-refractivity contribution in [1.82, 2.24) is 19.5 Å². The first-order valence-electron chi connectivity index (χ1n) is 11.0. The summed E-state index contributed by atoms with van der Waals surface area (Å²) in [6.45, 7) is 2.84. The molecular formula is C28H24N4O. The van der Waals surface area contributed by atoms with Crippen molar-refractivity contribution in [3.05, 3.63) is 114 Å². The number of hydrogen-bond acceptors (Lipinski definition) is 4. The lowest BCUT2D eigenvalue weighted by Gasteiger charge is -2.08. The molecule has 0 radical (unpaired) electrons. The molecule has 0 saturated carbocycles. The lowest BCUT2D eigenvalue weighted by molar-refractivity contribution is -0.117. The van der Waals surface area contributed by atoms with Crippen LogP contribution in [0.15, 0.2) is 91.4 Å². The third-order valence-corrected chi connectivity index (χ3v) is 5.78. The van der Waals surface area contributed by atoms with Crippen molar-refractivity contribution in [3.8, 4) is 11.3 Å². The van der Waals surface area contributed by atoms with Gasteiger partial charge >= 0.3 is 0 Å². The summed E-state index contributed by atoms with van der Waals surface area (Å²) in [5.41, 5.74) is 7.64. The molecule has 2 aromatic carbocycles. The largest absolute Gasteiger partial charge is 0.311 e. The topological polar surface area (TPSA) is 60.7 Å². The molecule has 0 bridgehead atoms. The standard InChI is InChI=1S/C28H24N4O/c1-20-8-5-6-11-22(20)18-32-19-30-27-15-23(17-29-28(27)32)26-13-7-12-24(31-26)16-25(33)14-21-9-3-2-4-10-21/h2-13,15,17,19H,14,16,18H2,1H3. The number of aromatic nitrogens is 4. The Hall–Kier alpha value is -4.12. The van der Waals surface area contributed by atoms with E-state index in [2.05, 4.69) is 39.7 Å². The van der Waals surface area contributed by atoms with E-state index < -0.39 is 0 Å². The first-order valence-corrected chi connectivity index (χ1v) is 11.0. The molecule has 0 N–H and O–H groups in total. The molecule has 33 heavy (non-hydrogen) atoms. The molecule has 0 saturated heterocycles. The van der Waals surface area contributed by atoms with Crippen molar-refractivity contribution in [3.63, 3.8) is 0 Å². The van der Waals surface area contributed by atoms with Gasteiger partial charge in [-0.15, -0.1) is 0 Å².